The van der Waals surface area contributed by atoms with E-state index in [-0.39, 0.29) is 17.6 Å². The van der Waals surface area contributed by atoms with Crippen molar-refractivity contribution in [3.63, 3.8) is 0 Å². The third-order valence-corrected chi connectivity index (χ3v) is 3.26. The Morgan fingerprint density at radius 1 is 1.24 bits per heavy atom. The highest BCUT2D eigenvalue weighted by Gasteiger charge is 2.20. The summed E-state index contributed by atoms with van der Waals surface area (Å²) in [5, 5.41) is 0. The lowest BCUT2D eigenvalue weighted by atomic mass is 10.0. The predicted molar refractivity (Wildman–Crippen MR) is 86.8 cm³/mol. The first kappa shape index (κ1) is 17.2. The summed E-state index contributed by atoms with van der Waals surface area (Å²) < 4.78 is 0. The molecule has 3 nitrogen and oxygen atoms in total. The highest BCUT2D eigenvalue weighted by Crippen LogP contribution is 2.09. The van der Waals surface area contributed by atoms with Gasteiger partial charge in [-0.3, -0.25) is 4.79 Å². The maximum absolute atomic E-state index is 12.4. The van der Waals surface area contributed by atoms with Gasteiger partial charge in [-0.05, 0) is 18.9 Å². The van der Waals surface area contributed by atoms with Crippen molar-refractivity contribution in [1.82, 2.24) is 4.90 Å². The Morgan fingerprint density at radius 2 is 1.90 bits per heavy atom. The summed E-state index contributed by atoms with van der Waals surface area (Å²) in [7, 11) is 0. The van der Waals surface area contributed by atoms with Crippen LogP contribution >= 0.6 is 0 Å². The van der Waals surface area contributed by atoms with Gasteiger partial charge in [-0.15, -0.1) is 0 Å². The van der Waals surface area contributed by atoms with Crippen molar-refractivity contribution >= 4 is 17.8 Å². The zero-order chi connectivity index (χ0) is 15.7. The van der Waals surface area contributed by atoms with Gasteiger partial charge in [0.15, 0.2) is 0 Å². The molecule has 0 fully saturated rings. The van der Waals surface area contributed by atoms with E-state index in [9.17, 15) is 9.59 Å². The minimum absolute atomic E-state index is 0.0600. The first-order valence-corrected chi connectivity index (χ1v) is 7.54. The van der Waals surface area contributed by atoms with E-state index in [1.807, 2.05) is 54.3 Å². The lowest BCUT2D eigenvalue weighted by Gasteiger charge is -2.23. The molecule has 0 unspecified atom stereocenters. The summed E-state index contributed by atoms with van der Waals surface area (Å²) in [6.45, 7) is 6.72. The number of nitrogens with zero attached hydrogens (tertiary/aromatic N) is 1. The standard InChI is InChI=1S/C18H25NO2/c1-4-12-19(18(21)15(2)14-16(3)20)13-8-11-17-9-6-5-7-10-17/h5-11,15H,4,12-14H2,1-3H3/b11-8+/t15-/m0/s1. The molecular formula is C18H25NO2. The molecule has 1 atom stereocenters. The van der Waals surface area contributed by atoms with E-state index in [4.69, 9.17) is 0 Å². The van der Waals surface area contributed by atoms with Gasteiger partial charge in [0.1, 0.15) is 5.78 Å². The van der Waals surface area contributed by atoms with Gasteiger partial charge in [0.25, 0.3) is 0 Å². The van der Waals surface area contributed by atoms with Crippen LogP contribution < -0.4 is 0 Å². The number of carbonyl (C=O) groups is 2. The van der Waals surface area contributed by atoms with Crippen LogP contribution in [0, 0.1) is 5.92 Å². The third kappa shape index (κ3) is 6.39. The summed E-state index contributed by atoms with van der Waals surface area (Å²) in [5.41, 5.74) is 1.12. The van der Waals surface area contributed by atoms with Crippen LogP contribution in [0.3, 0.4) is 0 Å². The molecule has 21 heavy (non-hydrogen) atoms. The highest BCUT2D eigenvalue weighted by molar-refractivity contribution is 5.85. The van der Waals surface area contributed by atoms with Crippen molar-refractivity contribution in [2.75, 3.05) is 13.1 Å². The van der Waals surface area contributed by atoms with E-state index in [2.05, 4.69) is 6.92 Å². The smallest absolute Gasteiger partial charge is 0.226 e. The molecular weight excluding hydrogens is 262 g/mol. The normalized spacial score (nSPS) is 12.3. The van der Waals surface area contributed by atoms with Crippen LogP contribution in [-0.4, -0.2) is 29.7 Å². The summed E-state index contributed by atoms with van der Waals surface area (Å²) in [6.07, 6.45) is 5.26. The zero-order valence-electron chi connectivity index (χ0n) is 13.2. The number of hydrogen-bond donors (Lipinski definition) is 0. The van der Waals surface area contributed by atoms with E-state index in [0.29, 0.717) is 13.0 Å². The summed E-state index contributed by atoms with van der Waals surface area (Å²) in [5.74, 6) is -0.115. The van der Waals surface area contributed by atoms with Gasteiger partial charge in [-0.25, -0.2) is 0 Å². The lowest BCUT2D eigenvalue weighted by molar-refractivity contribution is -0.136. The summed E-state index contributed by atoms with van der Waals surface area (Å²) >= 11 is 0. The molecule has 1 aromatic carbocycles. The quantitative estimate of drug-likeness (QED) is 0.733. The average molecular weight is 287 g/mol. The van der Waals surface area contributed by atoms with Crippen molar-refractivity contribution in [3.8, 4) is 0 Å². The minimum Gasteiger partial charge on any atom is -0.339 e. The molecule has 0 N–H and O–H groups in total. The Kier molecular flexibility index (Phi) is 7.44. The van der Waals surface area contributed by atoms with Gasteiger partial charge in [-0.2, -0.15) is 0 Å². The maximum Gasteiger partial charge on any atom is 0.226 e. The van der Waals surface area contributed by atoms with Crippen LogP contribution in [0.25, 0.3) is 6.08 Å². The molecule has 1 amide bonds. The molecule has 0 aromatic heterocycles. The molecule has 1 aromatic rings. The molecule has 0 spiro atoms. The van der Waals surface area contributed by atoms with Crippen LogP contribution in [0.5, 0.6) is 0 Å². The van der Waals surface area contributed by atoms with Crippen molar-refractivity contribution in [2.45, 2.75) is 33.6 Å². The van der Waals surface area contributed by atoms with E-state index < -0.39 is 0 Å². The number of benzene rings is 1. The molecule has 1 rings (SSSR count). The fourth-order valence-electron chi connectivity index (χ4n) is 2.27. The minimum atomic E-state index is -0.237. The third-order valence-electron chi connectivity index (χ3n) is 3.26. The van der Waals surface area contributed by atoms with E-state index in [1.54, 1.807) is 0 Å². The molecule has 0 heterocycles. The zero-order valence-corrected chi connectivity index (χ0v) is 13.2. The number of amides is 1. The lowest BCUT2D eigenvalue weighted by Crippen LogP contribution is -2.36. The van der Waals surface area contributed by atoms with Crippen molar-refractivity contribution in [1.29, 1.82) is 0 Å². The number of ketones is 1. The second-order valence-corrected chi connectivity index (χ2v) is 5.40. The molecule has 3 heteroatoms. The monoisotopic (exact) mass is 287 g/mol. The number of carbonyl (C=O) groups excluding carboxylic acids is 2. The van der Waals surface area contributed by atoms with Crippen molar-refractivity contribution < 1.29 is 9.59 Å². The van der Waals surface area contributed by atoms with Crippen LogP contribution in [0.4, 0.5) is 0 Å². The molecule has 0 aliphatic carbocycles. The maximum atomic E-state index is 12.4. The number of hydrogen-bond acceptors (Lipinski definition) is 2. The van der Waals surface area contributed by atoms with Crippen molar-refractivity contribution in [2.24, 2.45) is 5.92 Å². The highest BCUT2D eigenvalue weighted by atomic mass is 16.2. The fraction of sp³-hybridized carbons (Fsp3) is 0.444. The van der Waals surface area contributed by atoms with Crippen molar-refractivity contribution in [3.05, 3.63) is 42.0 Å². The van der Waals surface area contributed by atoms with E-state index in [1.165, 1.54) is 6.92 Å². The fourth-order valence-corrected chi connectivity index (χ4v) is 2.27. The largest absolute Gasteiger partial charge is 0.339 e. The van der Waals surface area contributed by atoms with E-state index >= 15 is 0 Å². The van der Waals surface area contributed by atoms with Gasteiger partial charge < -0.3 is 9.69 Å². The molecule has 0 aliphatic heterocycles. The molecule has 0 bridgehead atoms. The SMILES string of the molecule is CCCN(C/C=C/c1ccccc1)C(=O)[C@@H](C)CC(C)=O. The summed E-state index contributed by atoms with van der Waals surface area (Å²) in [6, 6.07) is 10.0. The van der Waals surface area contributed by atoms with Crippen LogP contribution in [0.15, 0.2) is 36.4 Å². The van der Waals surface area contributed by atoms with Gasteiger partial charge in [0.2, 0.25) is 5.91 Å². The van der Waals surface area contributed by atoms with Gasteiger partial charge in [0, 0.05) is 25.4 Å². The Hall–Kier alpha value is -1.90. The predicted octanol–water partition coefficient (Wildman–Crippen LogP) is 3.55. The first-order valence-electron chi connectivity index (χ1n) is 7.54. The Labute approximate surface area is 127 Å². The first-order chi connectivity index (χ1) is 10.0. The number of Topliss-reactive ketones (excluding diaryl/α,β-unsaturated/α-hetero) is 1. The van der Waals surface area contributed by atoms with Crippen LogP contribution in [0.2, 0.25) is 0 Å². The molecule has 0 radical (unpaired) electrons. The van der Waals surface area contributed by atoms with Gasteiger partial charge in [0.05, 0.1) is 0 Å². The second kappa shape index (κ2) is 9.11. The summed E-state index contributed by atoms with van der Waals surface area (Å²) in [4.78, 5) is 25.3. The molecule has 114 valence electrons. The second-order valence-electron chi connectivity index (χ2n) is 5.40. The van der Waals surface area contributed by atoms with Crippen LogP contribution in [-0.2, 0) is 9.59 Å². The average Bonchev–Trinajstić information content (AvgIpc) is 2.46. The molecule has 0 saturated carbocycles. The van der Waals surface area contributed by atoms with E-state index in [0.717, 1.165) is 18.5 Å². The van der Waals surface area contributed by atoms with Crippen LogP contribution in [0.1, 0.15) is 39.2 Å². The Balaban J connectivity index is 2.62. The molecule has 0 aliphatic rings. The van der Waals surface area contributed by atoms with Gasteiger partial charge >= 0.3 is 0 Å². The molecule has 0 saturated heterocycles. The Morgan fingerprint density at radius 3 is 2.48 bits per heavy atom. The topological polar surface area (TPSA) is 37.4 Å². The number of rotatable bonds is 8. The Bertz CT molecular complexity index is 479. The van der Waals surface area contributed by atoms with Gasteiger partial charge in [-0.1, -0.05) is 56.3 Å².